The number of benzene rings is 1. The minimum atomic E-state index is -0.578. The van der Waals surface area contributed by atoms with Crippen LogP contribution in [0.15, 0.2) is 54.7 Å². The molecule has 0 saturated heterocycles. The Morgan fingerprint density at radius 3 is 2.63 bits per heavy atom. The van der Waals surface area contributed by atoms with Gasteiger partial charge in [0.2, 0.25) is 0 Å². The van der Waals surface area contributed by atoms with Crippen LogP contribution in [0.3, 0.4) is 0 Å². The van der Waals surface area contributed by atoms with E-state index in [1.807, 2.05) is 30.3 Å². The number of hydrogen-bond acceptors (Lipinski definition) is 2. The average Bonchev–Trinajstić information content (AvgIpc) is 2.82. The van der Waals surface area contributed by atoms with E-state index >= 15 is 0 Å². The van der Waals surface area contributed by atoms with Crippen LogP contribution in [0.4, 0.5) is 16.4 Å². The van der Waals surface area contributed by atoms with Crippen LogP contribution in [0, 0.1) is 0 Å². The van der Waals surface area contributed by atoms with Crippen molar-refractivity contribution in [3.8, 4) is 0 Å². The lowest BCUT2D eigenvalue weighted by Gasteiger charge is -2.17. The Labute approximate surface area is 109 Å². The fourth-order valence-electron chi connectivity index (χ4n) is 2.02. The highest BCUT2D eigenvalue weighted by Crippen LogP contribution is 2.26. The number of aromatic amines is 1. The zero-order chi connectivity index (χ0) is 13.2. The number of amides is 2. The number of carbonyl (C=O) groups excluding carboxylic acids is 1. The summed E-state index contributed by atoms with van der Waals surface area (Å²) in [5.74, 6) is 1.09. The van der Waals surface area contributed by atoms with Gasteiger partial charge < -0.3 is 10.7 Å². The maximum atomic E-state index is 11.7. The first-order chi connectivity index (χ1) is 9.25. The Morgan fingerprint density at radius 2 is 1.95 bits per heavy atom. The zero-order valence-corrected chi connectivity index (χ0v) is 10.1. The molecule has 0 aliphatic carbocycles. The number of anilines is 2. The highest BCUT2D eigenvalue weighted by Gasteiger charge is 2.17. The van der Waals surface area contributed by atoms with Crippen LogP contribution in [0.25, 0.3) is 10.9 Å². The third kappa shape index (κ3) is 2.01. The van der Waals surface area contributed by atoms with E-state index in [1.54, 1.807) is 24.4 Å². The normalized spacial score (nSPS) is 10.5. The molecule has 3 N–H and O–H groups in total. The van der Waals surface area contributed by atoms with Gasteiger partial charge in [0.1, 0.15) is 11.6 Å². The lowest BCUT2D eigenvalue weighted by atomic mass is 10.2. The van der Waals surface area contributed by atoms with Crippen LogP contribution in [0.1, 0.15) is 0 Å². The van der Waals surface area contributed by atoms with Gasteiger partial charge in [0.25, 0.3) is 0 Å². The van der Waals surface area contributed by atoms with Crippen molar-refractivity contribution >= 4 is 28.6 Å². The number of para-hydroxylation sites is 1. The van der Waals surface area contributed by atoms with E-state index in [2.05, 4.69) is 9.97 Å². The van der Waals surface area contributed by atoms with E-state index in [-0.39, 0.29) is 0 Å². The number of urea groups is 1. The van der Waals surface area contributed by atoms with Crippen molar-refractivity contribution in [3.63, 3.8) is 0 Å². The molecule has 3 aromatic rings. The second kappa shape index (κ2) is 4.45. The third-order valence-corrected chi connectivity index (χ3v) is 2.86. The third-order valence-electron chi connectivity index (χ3n) is 2.86. The zero-order valence-electron chi connectivity index (χ0n) is 10.1. The largest absolute Gasteiger partial charge is 0.351 e. The predicted octanol–water partition coefficient (Wildman–Crippen LogP) is 2.78. The van der Waals surface area contributed by atoms with E-state index in [9.17, 15) is 4.79 Å². The number of nitrogens with zero attached hydrogens (tertiary/aromatic N) is 2. The Balaban J connectivity index is 2.12. The van der Waals surface area contributed by atoms with Crippen molar-refractivity contribution in [1.82, 2.24) is 9.97 Å². The van der Waals surface area contributed by atoms with Crippen molar-refractivity contribution < 1.29 is 4.79 Å². The summed E-state index contributed by atoms with van der Waals surface area (Å²) in [6.07, 6.45) is 1.62. The highest BCUT2D eigenvalue weighted by atomic mass is 16.2. The standard InChI is InChI=1S/C14H12N4O/c15-14(19)18(12-7-3-4-8-16-12)13-9-10-5-1-2-6-11(10)17-13/h1-9,17H,(H2,15,19). The van der Waals surface area contributed by atoms with E-state index in [1.165, 1.54) is 4.90 Å². The van der Waals surface area contributed by atoms with E-state index in [0.29, 0.717) is 11.6 Å². The maximum Gasteiger partial charge on any atom is 0.326 e. The lowest BCUT2D eigenvalue weighted by Crippen LogP contribution is -2.32. The van der Waals surface area contributed by atoms with Gasteiger partial charge >= 0.3 is 6.03 Å². The molecule has 2 aromatic heterocycles. The second-order valence-corrected chi connectivity index (χ2v) is 4.10. The van der Waals surface area contributed by atoms with E-state index in [0.717, 1.165) is 10.9 Å². The SMILES string of the molecule is NC(=O)N(c1ccccn1)c1cc2ccccc2[nH]1. The summed E-state index contributed by atoms with van der Waals surface area (Å²) in [4.78, 5) is 20.3. The minimum Gasteiger partial charge on any atom is -0.351 e. The number of rotatable bonds is 2. The molecule has 0 atom stereocenters. The van der Waals surface area contributed by atoms with Gasteiger partial charge in [0.15, 0.2) is 0 Å². The molecule has 0 aliphatic rings. The van der Waals surface area contributed by atoms with Gasteiger partial charge in [-0.2, -0.15) is 0 Å². The molecule has 2 heterocycles. The summed E-state index contributed by atoms with van der Waals surface area (Å²) in [5, 5.41) is 1.01. The Kier molecular flexibility index (Phi) is 2.64. The molecule has 19 heavy (non-hydrogen) atoms. The monoisotopic (exact) mass is 252 g/mol. The number of aromatic nitrogens is 2. The lowest BCUT2D eigenvalue weighted by molar-refractivity contribution is 0.256. The van der Waals surface area contributed by atoms with Gasteiger partial charge in [-0.1, -0.05) is 24.3 Å². The fourth-order valence-corrected chi connectivity index (χ4v) is 2.02. The summed E-state index contributed by atoms with van der Waals surface area (Å²) in [6, 6.07) is 14.4. The first-order valence-electron chi connectivity index (χ1n) is 5.84. The molecule has 0 radical (unpaired) electrons. The summed E-state index contributed by atoms with van der Waals surface area (Å²) in [7, 11) is 0. The van der Waals surface area contributed by atoms with Gasteiger partial charge in [-0.3, -0.25) is 0 Å². The molecule has 0 bridgehead atoms. The molecular formula is C14H12N4O. The molecule has 94 valence electrons. The van der Waals surface area contributed by atoms with Crippen LogP contribution in [0.2, 0.25) is 0 Å². The molecule has 0 saturated carbocycles. The minimum absolute atomic E-state index is 0.488. The Morgan fingerprint density at radius 1 is 1.16 bits per heavy atom. The number of hydrogen-bond donors (Lipinski definition) is 2. The van der Waals surface area contributed by atoms with Gasteiger partial charge in [-0.25, -0.2) is 14.7 Å². The molecular weight excluding hydrogens is 240 g/mol. The van der Waals surface area contributed by atoms with Crippen LogP contribution in [0.5, 0.6) is 0 Å². The van der Waals surface area contributed by atoms with E-state index in [4.69, 9.17) is 5.73 Å². The first-order valence-corrected chi connectivity index (χ1v) is 5.84. The summed E-state index contributed by atoms with van der Waals surface area (Å²) in [6.45, 7) is 0. The average molecular weight is 252 g/mol. The highest BCUT2D eigenvalue weighted by molar-refractivity contribution is 5.99. The van der Waals surface area contributed by atoms with Gasteiger partial charge in [0, 0.05) is 17.1 Å². The smallest absolute Gasteiger partial charge is 0.326 e. The molecule has 2 amide bonds. The second-order valence-electron chi connectivity index (χ2n) is 4.10. The number of nitrogens with one attached hydrogen (secondary N) is 1. The van der Waals surface area contributed by atoms with Crippen LogP contribution < -0.4 is 10.6 Å². The summed E-state index contributed by atoms with van der Waals surface area (Å²) >= 11 is 0. The van der Waals surface area contributed by atoms with Gasteiger partial charge in [0.05, 0.1) is 0 Å². The number of carbonyl (C=O) groups is 1. The summed E-state index contributed by atoms with van der Waals surface area (Å²) < 4.78 is 0. The molecule has 5 nitrogen and oxygen atoms in total. The number of fused-ring (bicyclic) bond motifs is 1. The number of primary amides is 1. The molecule has 5 heteroatoms. The topological polar surface area (TPSA) is 75.0 Å². The quantitative estimate of drug-likeness (QED) is 0.735. The molecule has 1 aromatic carbocycles. The molecule has 0 fully saturated rings. The van der Waals surface area contributed by atoms with Crippen molar-refractivity contribution in [2.75, 3.05) is 4.90 Å². The predicted molar refractivity (Wildman–Crippen MR) is 74.3 cm³/mol. The molecule has 0 unspecified atom stereocenters. The number of nitrogens with two attached hydrogens (primary N) is 1. The van der Waals surface area contributed by atoms with Crippen molar-refractivity contribution in [2.45, 2.75) is 0 Å². The van der Waals surface area contributed by atoms with Crippen LogP contribution >= 0.6 is 0 Å². The van der Waals surface area contributed by atoms with Gasteiger partial charge in [-0.15, -0.1) is 0 Å². The van der Waals surface area contributed by atoms with Gasteiger partial charge in [-0.05, 0) is 24.3 Å². The molecule has 3 rings (SSSR count). The maximum absolute atomic E-state index is 11.7. The molecule has 0 aliphatic heterocycles. The van der Waals surface area contributed by atoms with Crippen LogP contribution in [-0.4, -0.2) is 16.0 Å². The van der Waals surface area contributed by atoms with Crippen LogP contribution in [-0.2, 0) is 0 Å². The molecule has 0 spiro atoms. The Bertz CT molecular complexity index is 687. The fraction of sp³-hybridized carbons (Fsp3) is 0. The van der Waals surface area contributed by atoms with E-state index < -0.39 is 6.03 Å². The van der Waals surface area contributed by atoms with Crippen molar-refractivity contribution in [3.05, 3.63) is 54.7 Å². The number of H-pyrrole nitrogens is 1. The first kappa shape index (κ1) is 11.3. The summed E-state index contributed by atoms with van der Waals surface area (Å²) in [5.41, 5.74) is 6.39. The Hall–Kier alpha value is -2.82. The number of pyridine rings is 1. The van der Waals surface area contributed by atoms with Crippen molar-refractivity contribution in [2.24, 2.45) is 5.73 Å². The van der Waals surface area contributed by atoms with Crippen molar-refractivity contribution in [1.29, 1.82) is 0 Å².